The summed E-state index contributed by atoms with van der Waals surface area (Å²) in [7, 11) is 3.93. The van der Waals surface area contributed by atoms with E-state index in [0.29, 0.717) is 0 Å². The summed E-state index contributed by atoms with van der Waals surface area (Å²) in [4.78, 5) is 2.25. The van der Waals surface area contributed by atoms with E-state index in [9.17, 15) is 0 Å². The maximum atomic E-state index is 8.94. The Morgan fingerprint density at radius 1 is 1.62 bits per heavy atom. The lowest BCUT2D eigenvalue weighted by atomic mass is 10.0. The maximum absolute atomic E-state index is 8.94. The number of nitrogens with one attached hydrogen (secondary N) is 1. The van der Waals surface area contributed by atoms with Crippen molar-refractivity contribution < 1.29 is 0 Å². The normalized spacial score (nSPS) is 21.2. The molecule has 13 heavy (non-hydrogen) atoms. The molecule has 1 aliphatic rings. The second kappa shape index (κ2) is 4.08. The molecule has 1 unspecified atom stereocenters. The molecule has 0 radical (unpaired) electrons. The largest absolute Gasteiger partial charge is 0.303 e. The van der Waals surface area contributed by atoms with E-state index in [1.54, 1.807) is 0 Å². The molecule has 1 aliphatic carbocycles. The number of likely N-dealkylation sites (N-methyl/N-ethyl adjacent to an activating group) is 2. The molecule has 3 nitrogen and oxygen atoms in total. The molecule has 74 valence electrons. The molecular formula is C10H19N3. The molecule has 0 amide bonds. The van der Waals surface area contributed by atoms with Crippen LogP contribution in [0.3, 0.4) is 0 Å². The van der Waals surface area contributed by atoms with E-state index in [2.05, 4.69) is 23.3 Å². The lowest BCUT2D eigenvalue weighted by Crippen LogP contribution is -2.48. The van der Waals surface area contributed by atoms with Crippen LogP contribution in [0.4, 0.5) is 0 Å². The van der Waals surface area contributed by atoms with Gasteiger partial charge in [0.2, 0.25) is 0 Å². The highest BCUT2D eigenvalue weighted by molar-refractivity contribution is 5.04. The quantitative estimate of drug-likeness (QED) is 0.683. The standard InChI is InChI=1S/C10H19N3/c1-10(7-11,12-2)8-13(3)6-9-4-5-9/h9,12H,4-6,8H2,1-3H3. The number of nitrogens with zero attached hydrogens (tertiary/aromatic N) is 2. The zero-order valence-electron chi connectivity index (χ0n) is 8.80. The zero-order chi connectivity index (χ0) is 9.90. The van der Waals surface area contributed by atoms with E-state index in [1.807, 2.05) is 14.0 Å². The predicted octanol–water partition coefficient (Wildman–Crippen LogP) is 0.830. The van der Waals surface area contributed by atoms with Crippen LogP contribution in [-0.4, -0.2) is 37.6 Å². The number of nitriles is 1. The van der Waals surface area contributed by atoms with Gasteiger partial charge in [-0.05, 0) is 39.8 Å². The smallest absolute Gasteiger partial charge is 0.116 e. The first kappa shape index (κ1) is 10.5. The molecule has 1 saturated carbocycles. The summed E-state index contributed by atoms with van der Waals surface area (Å²) in [6.45, 7) is 3.88. The minimum atomic E-state index is -0.399. The van der Waals surface area contributed by atoms with Crippen LogP contribution >= 0.6 is 0 Å². The number of hydrogen-bond acceptors (Lipinski definition) is 3. The van der Waals surface area contributed by atoms with Crippen molar-refractivity contribution >= 4 is 0 Å². The molecule has 0 bridgehead atoms. The third kappa shape index (κ3) is 3.33. The Kier molecular flexibility index (Phi) is 3.29. The molecule has 0 heterocycles. The van der Waals surface area contributed by atoms with Gasteiger partial charge in [0, 0.05) is 13.1 Å². The topological polar surface area (TPSA) is 39.1 Å². The van der Waals surface area contributed by atoms with Crippen LogP contribution in [0.1, 0.15) is 19.8 Å². The van der Waals surface area contributed by atoms with E-state index >= 15 is 0 Å². The molecule has 0 aromatic rings. The Morgan fingerprint density at radius 3 is 2.62 bits per heavy atom. The Hall–Kier alpha value is -0.590. The highest BCUT2D eigenvalue weighted by Gasteiger charge is 2.27. The average molecular weight is 181 g/mol. The van der Waals surface area contributed by atoms with Gasteiger partial charge in [-0.3, -0.25) is 0 Å². The second-order valence-electron chi connectivity index (χ2n) is 4.33. The van der Waals surface area contributed by atoms with Crippen molar-refractivity contribution in [3.8, 4) is 6.07 Å². The first-order valence-corrected chi connectivity index (χ1v) is 4.88. The molecular weight excluding hydrogens is 162 g/mol. The number of hydrogen-bond donors (Lipinski definition) is 1. The van der Waals surface area contributed by atoms with Gasteiger partial charge < -0.3 is 10.2 Å². The van der Waals surface area contributed by atoms with Gasteiger partial charge >= 0.3 is 0 Å². The average Bonchev–Trinajstić information content (AvgIpc) is 2.88. The monoisotopic (exact) mass is 181 g/mol. The van der Waals surface area contributed by atoms with Gasteiger partial charge in [0.1, 0.15) is 5.54 Å². The van der Waals surface area contributed by atoms with Crippen LogP contribution in [0, 0.1) is 17.2 Å². The Morgan fingerprint density at radius 2 is 2.23 bits per heavy atom. The van der Waals surface area contributed by atoms with Gasteiger partial charge in [0.05, 0.1) is 6.07 Å². The number of rotatable bonds is 5. The van der Waals surface area contributed by atoms with Crippen molar-refractivity contribution in [2.24, 2.45) is 5.92 Å². The van der Waals surface area contributed by atoms with Gasteiger partial charge in [-0.1, -0.05) is 0 Å². The lowest BCUT2D eigenvalue weighted by Gasteiger charge is -2.27. The summed E-state index contributed by atoms with van der Waals surface area (Å²) in [5.41, 5.74) is -0.399. The van der Waals surface area contributed by atoms with Crippen LogP contribution in [-0.2, 0) is 0 Å². The van der Waals surface area contributed by atoms with E-state index in [0.717, 1.165) is 19.0 Å². The molecule has 1 atom stereocenters. The van der Waals surface area contributed by atoms with Crippen molar-refractivity contribution in [3.63, 3.8) is 0 Å². The summed E-state index contributed by atoms with van der Waals surface area (Å²) < 4.78 is 0. The van der Waals surface area contributed by atoms with Crippen LogP contribution in [0.25, 0.3) is 0 Å². The van der Waals surface area contributed by atoms with E-state index < -0.39 is 5.54 Å². The van der Waals surface area contributed by atoms with Crippen molar-refractivity contribution in [2.45, 2.75) is 25.3 Å². The summed E-state index contributed by atoms with van der Waals surface area (Å²) >= 11 is 0. The molecule has 1 fully saturated rings. The van der Waals surface area contributed by atoms with Crippen LogP contribution < -0.4 is 5.32 Å². The second-order valence-corrected chi connectivity index (χ2v) is 4.33. The summed E-state index contributed by atoms with van der Waals surface area (Å²) in [6, 6.07) is 2.30. The van der Waals surface area contributed by atoms with Crippen LogP contribution in [0.2, 0.25) is 0 Å². The predicted molar refractivity (Wildman–Crippen MR) is 53.3 cm³/mol. The molecule has 0 aromatic heterocycles. The molecule has 0 aliphatic heterocycles. The molecule has 1 N–H and O–H groups in total. The lowest BCUT2D eigenvalue weighted by molar-refractivity contribution is 0.260. The fourth-order valence-electron chi connectivity index (χ4n) is 1.52. The van der Waals surface area contributed by atoms with Gasteiger partial charge in [0.15, 0.2) is 0 Å². The SMILES string of the molecule is CNC(C)(C#N)CN(C)CC1CC1. The third-order valence-corrected chi connectivity index (χ3v) is 2.65. The molecule has 0 aromatic carbocycles. The fraction of sp³-hybridized carbons (Fsp3) is 0.900. The minimum absolute atomic E-state index is 0.399. The Labute approximate surface area is 80.7 Å². The summed E-state index contributed by atoms with van der Waals surface area (Å²) in [5.74, 6) is 0.893. The van der Waals surface area contributed by atoms with Crippen molar-refractivity contribution in [1.82, 2.24) is 10.2 Å². The highest BCUT2D eigenvalue weighted by atomic mass is 15.1. The summed E-state index contributed by atoms with van der Waals surface area (Å²) in [6.07, 6.45) is 2.74. The van der Waals surface area contributed by atoms with Gasteiger partial charge in [-0.25, -0.2) is 0 Å². The Balaban J connectivity index is 2.31. The Bertz CT molecular complexity index is 205. The van der Waals surface area contributed by atoms with E-state index in [-0.39, 0.29) is 0 Å². The maximum Gasteiger partial charge on any atom is 0.116 e. The third-order valence-electron chi connectivity index (χ3n) is 2.65. The van der Waals surface area contributed by atoms with Crippen molar-refractivity contribution in [1.29, 1.82) is 5.26 Å². The summed E-state index contributed by atoms with van der Waals surface area (Å²) in [5, 5.41) is 12.0. The molecule has 3 heteroatoms. The zero-order valence-corrected chi connectivity index (χ0v) is 8.80. The molecule has 0 saturated heterocycles. The first-order chi connectivity index (χ1) is 6.09. The fourth-order valence-corrected chi connectivity index (χ4v) is 1.52. The van der Waals surface area contributed by atoms with E-state index in [1.165, 1.54) is 12.8 Å². The van der Waals surface area contributed by atoms with Gasteiger partial charge in [0.25, 0.3) is 0 Å². The molecule has 0 spiro atoms. The van der Waals surface area contributed by atoms with Gasteiger partial charge in [-0.2, -0.15) is 5.26 Å². The van der Waals surface area contributed by atoms with Gasteiger partial charge in [-0.15, -0.1) is 0 Å². The molecule has 1 rings (SSSR count). The van der Waals surface area contributed by atoms with Crippen molar-refractivity contribution in [3.05, 3.63) is 0 Å². The van der Waals surface area contributed by atoms with Crippen molar-refractivity contribution in [2.75, 3.05) is 27.2 Å². The highest BCUT2D eigenvalue weighted by Crippen LogP contribution is 2.29. The first-order valence-electron chi connectivity index (χ1n) is 4.88. The minimum Gasteiger partial charge on any atom is -0.303 e. The van der Waals surface area contributed by atoms with Crippen LogP contribution in [0.5, 0.6) is 0 Å². The van der Waals surface area contributed by atoms with Crippen LogP contribution in [0.15, 0.2) is 0 Å². The van der Waals surface area contributed by atoms with E-state index in [4.69, 9.17) is 5.26 Å².